The zero-order valence-corrected chi connectivity index (χ0v) is 20.5. The molecule has 0 N–H and O–H groups in total. The number of hydrogen-bond acceptors (Lipinski definition) is 4. The number of nitrogens with zero attached hydrogens (tertiary/aromatic N) is 2. The van der Waals surface area contributed by atoms with E-state index >= 15 is 0 Å². The molecular weight excluding hydrogens is 460 g/mol. The van der Waals surface area contributed by atoms with Crippen molar-refractivity contribution >= 4 is 20.0 Å². The van der Waals surface area contributed by atoms with Crippen molar-refractivity contribution in [2.75, 3.05) is 26.2 Å². The molecule has 0 aromatic rings. The van der Waals surface area contributed by atoms with Crippen molar-refractivity contribution in [1.29, 1.82) is 0 Å². The van der Waals surface area contributed by atoms with Gasteiger partial charge in [0.05, 0.1) is 0 Å². The van der Waals surface area contributed by atoms with Crippen LogP contribution in [0.5, 0.6) is 0 Å². The van der Waals surface area contributed by atoms with Gasteiger partial charge in [0.2, 0.25) is 0 Å². The van der Waals surface area contributed by atoms with E-state index in [-0.39, 0.29) is 43.9 Å². The van der Waals surface area contributed by atoms with Gasteiger partial charge in [0.1, 0.15) is 0 Å². The van der Waals surface area contributed by atoms with Gasteiger partial charge in [-0.25, -0.2) is 16.8 Å². The summed E-state index contributed by atoms with van der Waals surface area (Å²) < 4.78 is 101. The first-order valence-corrected chi connectivity index (χ1v) is 13.7. The third kappa shape index (κ3) is 7.01. The number of alkyl halides is 4. The van der Waals surface area contributed by atoms with Crippen LogP contribution in [0.1, 0.15) is 60.3 Å². The second-order valence-corrected chi connectivity index (χ2v) is 12.8. The molecule has 0 aliphatic carbocycles. The molecule has 31 heavy (non-hydrogen) atoms. The van der Waals surface area contributed by atoms with Gasteiger partial charge in [0, 0.05) is 26.2 Å². The fraction of sp³-hybridized carbons (Fsp3) is 1.00. The van der Waals surface area contributed by atoms with Gasteiger partial charge < -0.3 is 0 Å². The Bertz CT molecular complexity index is 780. The summed E-state index contributed by atoms with van der Waals surface area (Å²) in [5.41, 5.74) is -0.535. The number of sulfonamides is 2. The first-order valence-electron chi connectivity index (χ1n) is 10.7. The molecular formula is C19H36F4N2O4S2. The molecule has 0 spiro atoms. The predicted octanol–water partition coefficient (Wildman–Crippen LogP) is 4.20. The van der Waals surface area contributed by atoms with Crippen LogP contribution >= 0.6 is 0 Å². The van der Waals surface area contributed by atoms with Crippen molar-refractivity contribution in [3.05, 3.63) is 0 Å². The highest BCUT2D eigenvalue weighted by Crippen LogP contribution is 2.41. The summed E-state index contributed by atoms with van der Waals surface area (Å²) in [7, 11) is -9.31. The van der Waals surface area contributed by atoms with E-state index in [0.717, 1.165) is 8.61 Å². The summed E-state index contributed by atoms with van der Waals surface area (Å²) in [5, 5.41) is 0. The van der Waals surface area contributed by atoms with Crippen LogP contribution in [0.3, 0.4) is 0 Å². The van der Waals surface area contributed by atoms with E-state index in [1.54, 1.807) is 0 Å². The summed E-state index contributed by atoms with van der Waals surface area (Å²) in [6.45, 7) is 9.62. The van der Waals surface area contributed by atoms with Crippen LogP contribution in [0, 0.1) is 23.2 Å². The molecule has 186 valence electrons. The highest BCUT2D eigenvalue weighted by molar-refractivity contribution is 7.89. The molecule has 0 saturated carbocycles. The van der Waals surface area contributed by atoms with E-state index in [1.165, 1.54) is 0 Å². The largest absolute Gasteiger partial charge is 0.350 e. The quantitative estimate of drug-likeness (QED) is 0.495. The number of hydrogen-bond donors (Lipinski definition) is 0. The monoisotopic (exact) mass is 496 g/mol. The zero-order valence-electron chi connectivity index (χ0n) is 18.9. The second-order valence-electron chi connectivity index (χ2n) is 8.96. The Morgan fingerprint density at radius 1 is 0.968 bits per heavy atom. The lowest BCUT2D eigenvalue weighted by atomic mass is 9.71. The second kappa shape index (κ2) is 11.1. The lowest BCUT2D eigenvalue weighted by Gasteiger charge is -2.44. The molecule has 6 nitrogen and oxygen atoms in total. The van der Waals surface area contributed by atoms with E-state index in [0.29, 0.717) is 25.7 Å². The normalized spacial score (nSPS) is 30.2. The lowest BCUT2D eigenvalue weighted by Crippen LogP contribution is -2.49. The van der Waals surface area contributed by atoms with Crippen LogP contribution in [-0.4, -0.2) is 63.1 Å². The Morgan fingerprint density at radius 2 is 1.48 bits per heavy atom. The Hall–Kier alpha value is -0.460. The Kier molecular flexibility index (Phi) is 10.2. The molecule has 0 bridgehead atoms. The Morgan fingerprint density at radius 3 is 2.00 bits per heavy atom. The third-order valence-corrected chi connectivity index (χ3v) is 9.14. The summed E-state index contributed by atoms with van der Waals surface area (Å²) in [5.74, 6) is -7.25. The van der Waals surface area contributed by atoms with Gasteiger partial charge in [-0.1, -0.05) is 34.6 Å². The van der Waals surface area contributed by atoms with Crippen LogP contribution in [0.4, 0.5) is 17.6 Å². The Balaban J connectivity index is 0.00000233. The molecule has 0 aromatic carbocycles. The van der Waals surface area contributed by atoms with Crippen LogP contribution in [0.15, 0.2) is 0 Å². The van der Waals surface area contributed by atoms with Gasteiger partial charge in [-0.3, -0.25) is 0 Å². The van der Waals surface area contributed by atoms with Gasteiger partial charge in [0.15, 0.2) is 0 Å². The highest BCUT2D eigenvalue weighted by atomic mass is 32.2. The first kappa shape index (κ1) is 28.6. The molecule has 12 heteroatoms. The zero-order chi connectivity index (χ0) is 24.2. The van der Waals surface area contributed by atoms with Crippen LogP contribution in [0.2, 0.25) is 0 Å². The average Bonchev–Trinajstić information content (AvgIpc) is 2.68. The maximum absolute atomic E-state index is 13.0. The van der Waals surface area contributed by atoms with Gasteiger partial charge in [0.25, 0.3) is 20.0 Å². The maximum Gasteiger partial charge on any atom is 0.350 e. The number of piperidine rings is 2. The molecule has 2 heterocycles. The Labute approximate surface area is 184 Å². The van der Waals surface area contributed by atoms with Crippen LogP contribution in [-0.2, 0) is 20.0 Å². The maximum atomic E-state index is 13.0. The van der Waals surface area contributed by atoms with Gasteiger partial charge in [-0.2, -0.15) is 26.2 Å². The summed E-state index contributed by atoms with van der Waals surface area (Å²) >= 11 is 0. The highest BCUT2D eigenvalue weighted by Gasteiger charge is 2.43. The summed E-state index contributed by atoms with van der Waals surface area (Å²) in [6.07, 6.45) is 2.30. The lowest BCUT2D eigenvalue weighted by molar-refractivity contribution is 0.0842. The van der Waals surface area contributed by atoms with Gasteiger partial charge in [-0.05, 0) is 48.9 Å². The van der Waals surface area contributed by atoms with E-state index in [1.807, 2.05) is 34.6 Å². The SMILES string of the molecule is CC.CC(CC1(C)CCCN(S(=O)(=O)C(F)F)C1)[C@@H]1C[C@H](C)CN(S(=O)(=O)C(F)F)C1. The van der Waals surface area contributed by atoms with Crippen LogP contribution in [0.25, 0.3) is 0 Å². The minimum atomic E-state index is -4.66. The van der Waals surface area contributed by atoms with Gasteiger partial charge >= 0.3 is 11.5 Å². The average molecular weight is 497 g/mol. The smallest absolute Gasteiger partial charge is 0.206 e. The number of rotatable bonds is 7. The minimum absolute atomic E-state index is 0.00664. The van der Waals surface area contributed by atoms with Crippen molar-refractivity contribution in [2.45, 2.75) is 71.8 Å². The van der Waals surface area contributed by atoms with Crippen molar-refractivity contribution in [1.82, 2.24) is 8.61 Å². The molecule has 4 atom stereocenters. The van der Waals surface area contributed by atoms with E-state index < -0.39 is 37.0 Å². The summed E-state index contributed by atoms with van der Waals surface area (Å²) in [6, 6.07) is 0. The fourth-order valence-electron chi connectivity index (χ4n) is 4.79. The summed E-state index contributed by atoms with van der Waals surface area (Å²) in [4.78, 5) is 0. The van der Waals surface area contributed by atoms with Crippen molar-refractivity contribution in [3.63, 3.8) is 0 Å². The van der Waals surface area contributed by atoms with Gasteiger partial charge in [-0.15, -0.1) is 0 Å². The molecule has 0 radical (unpaired) electrons. The molecule has 2 unspecified atom stereocenters. The molecule has 2 aliphatic rings. The number of halogens is 4. The van der Waals surface area contributed by atoms with E-state index in [9.17, 15) is 34.4 Å². The van der Waals surface area contributed by atoms with E-state index in [4.69, 9.17) is 0 Å². The topological polar surface area (TPSA) is 74.8 Å². The van der Waals surface area contributed by atoms with Crippen molar-refractivity contribution in [2.24, 2.45) is 23.2 Å². The standard InChI is InChI=1S/C17H30F4N2O4S2.C2H6/c1-12-7-14(10-23(9-12)29(26,27)16(20)21)13(2)8-17(3)5-4-6-22(11-17)28(24,25)15(18)19;1-2/h12-16H,4-11H2,1-3H3;1-2H3/t12-,13?,14+,17?;/m0./s1. The third-order valence-electron chi connectivity index (χ3n) is 6.19. The molecule has 0 amide bonds. The molecule has 2 rings (SSSR count). The van der Waals surface area contributed by atoms with Crippen molar-refractivity contribution in [3.8, 4) is 0 Å². The van der Waals surface area contributed by atoms with Crippen molar-refractivity contribution < 1.29 is 34.4 Å². The predicted molar refractivity (Wildman–Crippen MR) is 113 cm³/mol. The van der Waals surface area contributed by atoms with E-state index in [2.05, 4.69) is 0 Å². The fourth-order valence-corrected chi connectivity index (χ4v) is 6.98. The minimum Gasteiger partial charge on any atom is -0.206 e. The molecule has 2 aliphatic heterocycles. The molecule has 2 fully saturated rings. The first-order chi connectivity index (χ1) is 14.2. The molecule has 2 saturated heterocycles. The molecule has 0 aromatic heterocycles. The van der Waals surface area contributed by atoms with Crippen LogP contribution < -0.4 is 0 Å².